The van der Waals surface area contributed by atoms with Gasteiger partial charge >= 0.3 is 0 Å². The Balaban J connectivity index is 2.33. The maximum Gasteiger partial charge on any atom is 0.222 e. The molecule has 2 unspecified atom stereocenters. The van der Waals surface area contributed by atoms with E-state index in [-0.39, 0.29) is 11.9 Å². The third-order valence-corrected chi connectivity index (χ3v) is 2.33. The average molecular weight is 200 g/mol. The summed E-state index contributed by atoms with van der Waals surface area (Å²) in [7, 11) is 0. The Morgan fingerprint density at radius 1 is 1.57 bits per heavy atom. The Labute approximate surface area is 85.2 Å². The fourth-order valence-electron chi connectivity index (χ4n) is 1.52. The maximum atomic E-state index is 11.5. The van der Waals surface area contributed by atoms with Crippen LogP contribution in [-0.4, -0.2) is 30.7 Å². The van der Waals surface area contributed by atoms with Crippen LogP contribution in [0.5, 0.6) is 0 Å². The second-order valence-electron chi connectivity index (χ2n) is 4.85. The Bertz CT molecular complexity index is 211. The van der Waals surface area contributed by atoms with Crippen LogP contribution in [0.25, 0.3) is 0 Å². The number of nitrogens with one attached hydrogen (secondary N) is 1. The zero-order valence-corrected chi connectivity index (χ0v) is 9.17. The van der Waals surface area contributed by atoms with Gasteiger partial charge in [0.05, 0.1) is 19.3 Å². The van der Waals surface area contributed by atoms with Crippen LogP contribution in [0.4, 0.5) is 0 Å². The number of rotatable bonds is 3. The summed E-state index contributed by atoms with van der Waals surface area (Å²) in [4.78, 5) is 11.5. The molecule has 14 heavy (non-hydrogen) atoms. The number of nitrogens with two attached hydrogens (primary N) is 1. The van der Waals surface area contributed by atoms with Gasteiger partial charge in [0.2, 0.25) is 5.91 Å². The summed E-state index contributed by atoms with van der Waals surface area (Å²) in [5.41, 5.74) is 5.32. The van der Waals surface area contributed by atoms with Crippen molar-refractivity contribution in [3.8, 4) is 0 Å². The highest BCUT2D eigenvalue weighted by Gasteiger charge is 2.27. The molecule has 0 aliphatic carbocycles. The minimum atomic E-state index is -0.438. The highest BCUT2D eigenvalue weighted by molar-refractivity contribution is 5.77. The van der Waals surface area contributed by atoms with Gasteiger partial charge in [0.1, 0.15) is 0 Å². The molecule has 0 saturated carbocycles. The molecule has 3 N–H and O–H groups in total. The predicted molar refractivity (Wildman–Crippen MR) is 54.8 cm³/mol. The Hall–Kier alpha value is -0.610. The topological polar surface area (TPSA) is 64.3 Å². The van der Waals surface area contributed by atoms with Gasteiger partial charge in [-0.2, -0.15) is 0 Å². The molecule has 82 valence electrons. The molecule has 1 heterocycles. The molecule has 2 atom stereocenters. The fraction of sp³-hybridized carbons (Fsp3) is 0.900. The number of amides is 1. The van der Waals surface area contributed by atoms with E-state index in [2.05, 4.69) is 12.2 Å². The molecule has 1 saturated heterocycles. The second-order valence-corrected chi connectivity index (χ2v) is 4.85. The molecule has 1 rings (SSSR count). The van der Waals surface area contributed by atoms with Crippen LogP contribution in [-0.2, 0) is 9.53 Å². The lowest BCUT2D eigenvalue weighted by molar-refractivity contribution is -0.122. The number of hydrogen-bond acceptors (Lipinski definition) is 3. The molecule has 1 fully saturated rings. The Kier molecular flexibility index (Phi) is 3.50. The molecule has 0 radical (unpaired) electrons. The predicted octanol–water partition coefficient (Wildman–Crippen LogP) is 0.265. The largest absolute Gasteiger partial charge is 0.379 e. The first-order valence-corrected chi connectivity index (χ1v) is 5.04. The summed E-state index contributed by atoms with van der Waals surface area (Å²) in [6, 6.07) is 0.157. The Morgan fingerprint density at radius 2 is 2.21 bits per heavy atom. The Morgan fingerprint density at radius 3 is 2.64 bits per heavy atom. The standard InChI is InChI=1S/C10H20N2O2/c1-7-5-14-6-8(7)12-9(13)4-10(2,3)11/h7-8H,4-6,11H2,1-3H3,(H,12,13). The zero-order chi connectivity index (χ0) is 10.8. The van der Waals surface area contributed by atoms with Crippen molar-refractivity contribution in [2.24, 2.45) is 11.7 Å². The van der Waals surface area contributed by atoms with E-state index in [4.69, 9.17) is 10.5 Å². The van der Waals surface area contributed by atoms with E-state index < -0.39 is 5.54 Å². The van der Waals surface area contributed by atoms with Gasteiger partial charge < -0.3 is 15.8 Å². The lowest BCUT2D eigenvalue weighted by atomic mass is 10.0. The highest BCUT2D eigenvalue weighted by atomic mass is 16.5. The summed E-state index contributed by atoms with van der Waals surface area (Å²) < 4.78 is 5.25. The molecular formula is C10H20N2O2. The fourth-order valence-corrected chi connectivity index (χ4v) is 1.52. The van der Waals surface area contributed by atoms with Gasteiger partial charge in [-0.05, 0) is 13.8 Å². The van der Waals surface area contributed by atoms with E-state index in [0.717, 1.165) is 6.61 Å². The minimum Gasteiger partial charge on any atom is -0.379 e. The normalized spacial score (nSPS) is 27.7. The number of carbonyl (C=O) groups excluding carboxylic acids is 1. The van der Waals surface area contributed by atoms with E-state index in [1.54, 1.807) is 0 Å². The smallest absolute Gasteiger partial charge is 0.222 e. The van der Waals surface area contributed by atoms with Gasteiger partial charge in [-0.15, -0.1) is 0 Å². The first-order chi connectivity index (χ1) is 6.38. The van der Waals surface area contributed by atoms with Gasteiger partial charge in [0.25, 0.3) is 0 Å². The van der Waals surface area contributed by atoms with E-state index in [0.29, 0.717) is 18.9 Å². The van der Waals surface area contributed by atoms with Crippen molar-refractivity contribution in [3.63, 3.8) is 0 Å². The van der Waals surface area contributed by atoms with Gasteiger partial charge in [-0.3, -0.25) is 4.79 Å². The van der Waals surface area contributed by atoms with Crippen LogP contribution >= 0.6 is 0 Å². The van der Waals surface area contributed by atoms with E-state index in [1.165, 1.54) is 0 Å². The number of carbonyl (C=O) groups is 1. The van der Waals surface area contributed by atoms with Crippen molar-refractivity contribution < 1.29 is 9.53 Å². The average Bonchev–Trinajstić information content (AvgIpc) is 2.32. The van der Waals surface area contributed by atoms with Crippen molar-refractivity contribution in [1.29, 1.82) is 0 Å². The van der Waals surface area contributed by atoms with Gasteiger partial charge in [0.15, 0.2) is 0 Å². The van der Waals surface area contributed by atoms with Crippen molar-refractivity contribution in [2.45, 2.75) is 38.8 Å². The van der Waals surface area contributed by atoms with Crippen molar-refractivity contribution in [1.82, 2.24) is 5.32 Å². The molecule has 4 heteroatoms. The third-order valence-electron chi connectivity index (χ3n) is 2.33. The lowest BCUT2D eigenvalue weighted by Gasteiger charge is -2.21. The summed E-state index contributed by atoms with van der Waals surface area (Å²) in [6.07, 6.45) is 0.357. The lowest BCUT2D eigenvalue weighted by Crippen LogP contribution is -2.44. The first-order valence-electron chi connectivity index (χ1n) is 5.04. The van der Waals surface area contributed by atoms with Gasteiger partial charge in [-0.25, -0.2) is 0 Å². The molecule has 1 aliphatic rings. The monoisotopic (exact) mass is 200 g/mol. The van der Waals surface area contributed by atoms with Gasteiger partial charge in [-0.1, -0.05) is 6.92 Å². The van der Waals surface area contributed by atoms with Crippen molar-refractivity contribution >= 4 is 5.91 Å². The van der Waals surface area contributed by atoms with Crippen LogP contribution in [0.1, 0.15) is 27.2 Å². The summed E-state index contributed by atoms with van der Waals surface area (Å²) >= 11 is 0. The molecule has 1 amide bonds. The van der Waals surface area contributed by atoms with Crippen molar-refractivity contribution in [2.75, 3.05) is 13.2 Å². The van der Waals surface area contributed by atoms with Crippen LogP contribution in [0.3, 0.4) is 0 Å². The molecule has 1 aliphatic heterocycles. The SMILES string of the molecule is CC1COCC1NC(=O)CC(C)(C)N. The quantitative estimate of drug-likeness (QED) is 0.687. The summed E-state index contributed by atoms with van der Waals surface area (Å²) in [6.45, 7) is 7.13. The zero-order valence-electron chi connectivity index (χ0n) is 9.17. The summed E-state index contributed by atoms with van der Waals surface area (Å²) in [5.74, 6) is 0.416. The van der Waals surface area contributed by atoms with Crippen LogP contribution < -0.4 is 11.1 Å². The van der Waals surface area contributed by atoms with Crippen LogP contribution in [0.2, 0.25) is 0 Å². The van der Waals surface area contributed by atoms with Crippen LogP contribution in [0, 0.1) is 5.92 Å². The number of hydrogen-bond donors (Lipinski definition) is 2. The molecule has 0 aromatic heterocycles. The van der Waals surface area contributed by atoms with Crippen molar-refractivity contribution in [3.05, 3.63) is 0 Å². The molecule has 0 aromatic rings. The molecule has 4 nitrogen and oxygen atoms in total. The van der Waals surface area contributed by atoms with E-state index >= 15 is 0 Å². The third kappa shape index (κ3) is 3.64. The molecular weight excluding hydrogens is 180 g/mol. The highest BCUT2D eigenvalue weighted by Crippen LogP contribution is 2.13. The van der Waals surface area contributed by atoms with Crippen LogP contribution in [0.15, 0.2) is 0 Å². The van der Waals surface area contributed by atoms with E-state index in [1.807, 2.05) is 13.8 Å². The second kappa shape index (κ2) is 4.28. The maximum absolute atomic E-state index is 11.5. The summed E-state index contributed by atoms with van der Waals surface area (Å²) in [5, 5.41) is 2.94. The number of ether oxygens (including phenoxy) is 1. The first kappa shape index (κ1) is 11.5. The molecule has 0 bridgehead atoms. The van der Waals surface area contributed by atoms with Gasteiger partial charge in [0, 0.05) is 17.9 Å². The minimum absolute atomic E-state index is 0.0138. The van der Waals surface area contributed by atoms with E-state index in [9.17, 15) is 4.79 Å². The molecule has 0 spiro atoms. The molecule has 0 aromatic carbocycles.